The Hall–Kier alpha value is -2.12. The molecule has 1 saturated heterocycles. The molecule has 7 nitrogen and oxygen atoms in total. The van der Waals surface area contributed by atoms with Gasteiger partial charge in [0.05, 0.1) is 0 Å². The first kappa shape index (κ1) is 15.8. The number of methoxy groups -OCH3 is 1. The number of rotatable bonds is 4. The van der Waals surface area contributed by atoms with Crippen molar-refractivity contribution in [3.8, 4) is 11.4 Å². The number of anilines is 1. The Kier molecular flexibility index (Phi) is 4.78. The lowest BCUT2D eigenvalue weighted by Gasteiger charge is -2.33. The molecular weight excluding hydrogens is 320 g/mol. The van der Waals surface area contributed by atoms with E-state index < -0.39 is 0 Å². The summed E-state index contributed by atoms with van der Waals surface area (Å²) in [5, 5.41) is 4.66. The zero-order chi connectivity index (χ0) is 16.2. The average molecular weight is 337 g/mol. The zero-order valence-electron chi connectivity index (χ0n) is 12.7. The minimum absolute atomic E-state index is 0.000433. The highest BCUT2D eigenvalue weighted by Crippen LogP contribution is 2.22. The highest BCUT2D eigenvalue weighted by molar-refractivity contribution is 6.30. The van der Waals surface area contributed by atoms with Crippen molar-refractivity contribution in [2.45, 2.75) is 0 Å². The van der Waals surface area contributed by atoms with Crippen molar-refractivity contribution in [1.82, 2.24) is 15.0 Å². The fourth-order valence-electron chi connectivity index (χ4n) is 2.42. The van der Waals surface area contributed by atoms with Crippen LogP contribution in [0.15, 0.2) is 28.8 Å². The number of amides is 1. The van der Waals surface area contributed by atoms with Crippen LogP contribution in [0.4, 0.5) is 6.01 Å². The predicted octanol–water partition coefficient (Wildman–Crippen LogP) is 1.69. The molecule has 0 saturated carbocycles. The van der Waals surface area contributed by atoms with Crippen LogP contribution in [0.1, 0.15) is 0 Å². The minimum Gasteiger partial charge on any atom is -0.375 e. The highest BCUT2D eigenvalue weighted by atomic mass is 35.5. The van der Waals surface area contributed by atoms with Gasteiger partial charge in [0.15, 0.2) is 0 Å². The lowest BCUT2D eigenvalue weighted by atomic mass is 10.2. The van der Waals surface area contributed by atoms with Gasteiger partial charge in [-0.05, 0) is 24.3 Å². The lowest BCUT2D eigenvalue weighted by Crippen LogP contribution is -2.49. The topological polar surface area (TPSA) is 71.7 Å². The molecule has 0 bridgehead atoms. The van der Waals surface area contributed by atoms with Crippen LogP contribution in [0.25, 0.3) is 11.4 Å². The summed E-state index contributed by atoms with van der Waals surface area (Å²) >= 11 is 5.87. The summed E-state index contributed by atoms with van der Waals surface area (Å²) in [7, 11) is 1.52. The van der Waals surface area contributed by atoms with Crippen LogP contribution in [0.5, 0.6) is 0 Å². The highest BCUT2D eigenvalue weighted by Gasteiger charge is 2.24. The van der Waals surface area contributed by atoms with E-state index >= 15 is 0 Å². The van der Waals surface area contributed by atoms with Gasteiger partial charge < -0.3 is 19.1 Å². The SMILES string of the molecule is COCC(=O)N1CCN(c2nc(-c3ccc(Cl)cc3)no2)CC1. The van der Waals surface area contributed by atoms with Crippen LogP contribution in [-0.4, -0.2) is 60.8 Å². The van der Waals surface area contributed by atoms with Crippen molar-refractivity contribution in [2.24, 2.45) is 0 Å². The van der Waals surface area contributed by atoms with Crippen LogP contribution in [-0.2, 0) is 9.53 Å². The summed E-state index contributed by atoms with van der Waals surface area (Å²) in [5.74, 6) is 0.522. The molecule has 0 spiro atoms. The Morgan fingerprint density at radius 1 is 1.26 bits per heavy atom. The normalized spacial score (nSPS) is 15.0. The number of halogens is 1. The number of carbonyl (C=O) groups excluding carboxylic acids is 1. The Labute approximate surface area is 138 Å². The second kappa shape index (κ2) is 6.97. The van der Waals surface area contributed by atoms with Crippen LogP contribution >= 0.6 is 11.6 Å². The van der Waals surface area contributed by atoms with Gasteiger partial charge in [0.2, 0.25) is 11.7 Å². The second-order valence-electron chi connectivity index (χ2n) is 5.21. The van der Waals surface area contributed by atoms with Crippen molar-refractivity contribution >= 4 is 23.5 Å². The van der Waals surface area contributed by atoms with Crippen molar-refractivity contribution in [2.75, 3.05) is 44.8 Å². The average Bonchev–Trinajstić information content (AvgIpc) is 3.06. The molecule has 0 atom stereocenters. The van der Waals surface area contributed by atoms with E-state index in [2.05, 4.69) is 10.1 Å². The van der Waals surface area contributed by atoms with E-state index in [4.69, 9.17) is 20.9 Å². The van der Waals surface area contributed by atoms with E-state index in [1.807, 2.05) is 17.0 Å². The molecule has 8 heteroatoms. The first-order valence-electron chi connectivity index (χ1n) is 7.28. The fraction of sp³-hybridized carbons (Fsp3) is 0.400. The van der Waals surface area contributed by atoms with Crippen molar-refractivity contribution < 1.29 is 14.1 Å². The van der Waals surface area contributed by atoms with Crippen molar-refractivity contribution in [3.63, 3.8) is 0 Å². The number of aromatic nitrogens is 2. The third-order valence-corrected chi connectivity index (χ3v) is 3.94. The minimum atomic E-state index is -0.000433. The molecule has 1 aliphatic rings. The maximum absolute atomic E-state index is 11.8. The van der Waals surface area contributed by atoms with E-state index in [9.17, 15) is 4.79 Å². The molecule has 122 valence electrons. The quantitative estimate of drug-likeness (QED) is 0.846. The van der Waals surface area contributed by atoms with E-state index in [1.165, 1.54) is 7.11 Å². The Morgan fingerprint density at radius 3 is 2.61 bits per heavy atom. The van der Waals surface area contributed by atoms with Gasteiger partial charge in [0.1, 0.15) is 6.61 Å². The number of hydrogen-bond acceptors (Lipinski definition) is 6. The molecule has 23 heavy (non-hydrogen) atoms. The zero-order valence-corrected chi connectivity index (χ0v) is 13.5. The standard InChI is InChI=1S/C15H17ClN4O3/c1-22-10-13(21)19-6-8-20(9-7-19)15-17-14(18-23-15)11-2-4-12(16)5-3-11/h2-5H,6-10H2,1H3. The maximum atomic E-state index is 11.8. The van der Waals surface area contributed by atoms with Crippen LogP contribution in [0.2, 0.25) is 5.02 Å². The number of hydrogen-bond donors (Lipinski definition) is 0. The molecule has 1 aromatic heterocycles. The van der Waals surface area contributed by atoms with Gasteiger partial charge in [-0.25, -0.2) is 0 Å². The van der Waals surface area contributed by atoms with Gasteiger partial charge in [-0.2, -0.15) is 4.98 Å². The van der Waals surface area contributed by atoms with Crippen molar-refractivity contribution in [3.05, 3.63) is 29.3 Å². The molecule has 3 rings (SSSR count). The monoisotopic (exact) mass is 336 g/mol. The largest absolute Gasteiger partial charge is 0.375 e. The lowest BCUT2D eigenvalue weighted by molar-refractivity contribution is -0.135. The van der Waals surface area contributed by atoms with Crippen LogP contribution in [0, 0.1) is 0 Å². The third kappa shape index (κ3) is 3.62. The van der Waals surface area contributed by atoms with E-state index in [0.29, 0.717) is 43.0 Å². The molecule has 1 aliphatic heterocycles. The van der Waals surface area contributed by atoms with Gasteiger partial charge in [-0.1, -0.05) is 16.8 Å². The molecule has 1 amide bonds. The van der Waals surface area contributed by atoms with Crippen molar-refractivity contribution in [1.29, 1.82) is 0 Å². The molecule has 2 aromatic rings. The van der Waals surface area contributed by atoms with E-state index in [0.717, 1.165) is 5.56 Å². The molecule has 1 aromatic carbocycles. The molecular formula is C15H17ClN4O3. The number of ether oxygens (including phenoxy) is 1. The number of benzene rings is 1. The summed E-state index contributed by atoms with van der Waals surface area (Å²) in [5.41, 5.74) is 0.846. The van der Waals surface area contributed by atoms with Gasteiger partial charge in [-0.15, -0.1) is 0 Å². The molecule has 2 heterocycles. The first-order valence-corrected chi connectivity index (χ1v) is 7.66. The summed E-state index contributed by atoms with van der Waals surface area (Å²) in [4.78, 5) is 19.9. The second-order valence-corrected chi connectivity index (χ2v) is 5.64. The molecule has 0 radical (unpaired) electrons. The Morgan fingerprint density at radius 2 is 1.96 bits per heavy atom. The summed E-state index contributed by atoms with van der Waals surface area (Å²) < 4.78 is 10.2. The van der Waals surface area contributed by atoms with Gasteiger partial charge in [0, 0.05) is 43.9 Å². The van der Waals surface area contributed by atoms with Gasteiger partial charge >= 0.3 is 6.01 Å². The third-order valence-electron chi connectivity index (χ3n) is 3.69. The Bertz CT molecular complexity index is 666. The summed E-state index contributed by atoms with van der Waals surface area (Å²) in [6.07, 6.45) is 0. The van der Waals surface area contributed by atoms with E-state index in [-0.39, 0.29) is 12.5 Å². The van der Waals surface area contributed by atoms with Crippen LogP contribution in [0.3, 0.4) is 0 Å². The smallest absolute Gasteiger partial charge is 0.324 e. The molecule has 0 unspecified atom stereocenters. The maximum Gasteiger partial charge on any atom is 0.324 e. The van der Waals surface area contributed by atoms with Crippen LogP contribution < -0.4 is 4.90 Å². The number of carbonyl (C=O) groups is 1. The molecule has 0 N–H and O–H groups in total. The predicted molar refractivity (Wildman–Crippen MR) is 85.4 cm³/mol. The Balaban J connectivity index is 1.63. The van der Waals surface area contributed by atoms with Gasteiger partial charge in [-0.3, -0.25) is 4.79 Å². The van der Waals surface area contributed by atoms with E-state index in [1.54, 1.807) is 17.0 Å². The first-order chi connectivity index (χ1) is 11.2. The molecule has 1 fully saturated rings. The number of nitrogens with zero attached hydrogens (tertiary/aromatic N) is 4. The molecule has 0 aliphatic carbocycles. The summed E-state index contributed by atoms with van der Waals surface area (Å²) in [6.45, 7) is 2.64. The fourth-order valence-corrected chi connectivity index (χ4v) is 2.55. The number of piperazine rings is 1. The summed E-state index contributed by atoms with van der Waals surface area (Å²) in [6, 6.07) is 7.73. The van der Waals surface area contributed by atoms with Gasteiger partial charge in [0.25, 0.3) is 0 Å².